The zero-order chi connectivity index (χ0) is 16.4. The average molecular weight is 422 g/mol. The van der Waals surface area contributed by atoms with E-state index in [0.29, 0.717) is 6.04 Å². The second-order valence-electron chi connectivity index (χ2n) is 6.11. The van der Waals surface area contributed by atoms with E-state index in [0.717, 1.165) is 48.4 Å². The summed E-state index contributed by atoms with van der Waals surface area (Å²) >= 11 is 3.60. The lowest BCUT2D eigenvalue weighted by Crippen LogP contribution is -2.44. The minimum atomic E-state index is -0.765. The molecule has 1 aromatic rings. The van der Waals surface area contributed by atoms with Gasteiger partial charge in [0.15, 0.2) is 11.5 Å². The number of likely N-dealkylation sites (tertiary alicyclic amines) is 1. The van der Waals surface area contributed by atoms with Crippen molar-refractivity contribution in [3.63, 3.8) is 0 Å². The van der Waals surface area contributed by atoms with Crippen molar-refractivity contribution in [2.75, 3.05) is 33.5 Å². The molecule has 8 heteroatoms. The maximum Gasteiger partial charge on any atom is 0.317 e. The summed E-state index contributed by atoms with van der Waals surface area (Å²) in [6.07, 6.45) is 1.98. The molecule has 2 aliphatic heterocycles. The monoisotopic (exact) mass is 420 g/mol. The number of benzene rings is 1. The van der Waals surface area contributed by atoms with Crippen LogP contribution in [0.5, 0.6) is 11.5 Å². The summed E-state index contributed by atoms with van der Waals surface area (Å²) in [5.41, 5.74) is 1.19. The van der Waals surface area contributed by atoms with Crippen LogP contribution in [-0.4, -0.2) is 60.4 Å². The lowest BCUT2D eigenvalue weighted by atomic mass is 10.0. The molecule has 0 radical (unpaired) electrons. The molecule has 2 heterocycles. The van der Waals surface area contributed by atoms with Crippen LogP contribution in [0.3, 0.4) is 0 Å². The van der Waals surface area contributed by atoms with E-state index in [-0.39, 0.29) is 25.7 Å². The van der Waals surface area contributed by atoms with Crippen LogP contribution < -0.4 is 9.47 Å². The van der Waals surface area contributed by atoms with Crippen molar-refractivity contribution in [3.8, 4) is 11.5 Å². The number of hydrogen-bond donors (Lipinski definition) is 1. The normalized spacial score (nSPS) is 17.8. The van der Waals surface area contributed by atoms with E-state index in [9.17, 15) is 4.79 Å². The summed E-state index contributed by atoms with van der Waals surface area (Å²) in [6, 6.07) is 4.35. The average Bonchev–Trinajstić information content (AvgIpc) is 2.94. The number of fused-ring (bicyclic) bond motifs is 1. The number of halogens is 2. The molecule has 0 spiro atoms. The molecule has 2 aliphatic rings. The van der Waals surface area contributed by atoms with Gasteiger partial charge in [0.25, 0.3) is 0 Å². The molecule has 6 nitrogen and oxygen atoms in total. The molecule has 0 amide bonds. The number of likely N-dealkylation sites (N-methyl/N-ethyl adjacent to an activating group) is 1. The van der Waals surface area contributed by atoms with Gasteiger partial charge < -0.3 is 14.6 Å². The Balaban J connectivity index is 0.00000208. The number of carboxylic acids is 1. The minimum Gasteiger partial charge on any atom is -0.480 e. The van der Waals surface area contributed by atoms with Crippen LogP contribution in [0.2, 0.25) is 0 Å². The first-order valence-corrected chi connectivity index (χ1v) is 8.54. The first-order chi connectivity index (χ1) is 11.0. The van der Waals surface area contributed by atoms with Crippen molar-refractivity contribution in [2.24, 2.45) is 0 Å². The molecule has 134 valence electrons. The predicted molar refractivity (Wildman–Crippen MR) is 96.1 cm³/mol. The zero-order valence-electron chi connectivity index (χ0n) is 13.5. The maximum absolute atomic E-state index is 10.8. The van der Waals surface area contributed by atoms with Crippen LogP contribution in [0, 0.1) is 0 Å². The second-order valence-corrected chi connectivity index (χ2v) is 6.97. The first kappa shape index (κ1) is 19.3. The summed E-state index contributed by atoms with van der Waals surface area (Å²) in [7, 11) is 1.89. The third-order valence-corrected chi connectivity index (χ3v) is 5.24. The Hall–Kier alpha value is -1.02. The van der Waals surface area contributed by atoms with Crippen LogP contribution in [0.25, 0.3) is 0 Å². The molecule has 1 N–H and O–H groups in total. The number of rotatable bonds is 5. The standard InChI is InChI=1S/C16H21BrN2O4.ClH/c1-18(9-16(20)21)12-2-4-19(5-3-12)8-11-6-14-15(7-13(11)17)23-10-22-14;/h6-7,12H,2-5,8-10H2,1H3,(H,20,21);1H. The quantitative estimate of drug-likeness (QED) is 0.788. The number of aliphatic carboxylic acids is 1. The van der Waals surface area contributed by atoms with Gasteiger partial charge in [-0.3, -0.25) is 14.6 Å². The van der Waals surface area contributed by atoms with Gasteiger partial charge in [-0.2, -0.15) is 0 Å². The second kappa shape index (κ2) is 8.38. The molecule has 0 unspecified atom stereocenters. The van der Waals surface area contributed by atoms with Crippen LogP contribution in [0.15, 0.2) is 16.6 Å². The number of piperidine rings is 1. The minimum absolute atomic E-state index is 0. The Bertz CT molecular complexity index is 594. The molecule has 0 aromatic heterocycles. The molecule has 3 rings (SSSR count). The van der Waals surface area contributed by atoms with Gasteiger partial charge in [-0.25, -0.2) is 0 Å². The third-order valence-electron chi connectivity index (χ3n) is 4.50. The zero-order valence-corrected chi connectivity index (χ0v) is 15.9. The Morgan fingerprint density at radius 1 is 1.33 bits per heavy atom. The van der Waals surface area contributed by atoms with Crippen LogP contribution >= 0.6 is 28.3 Å². The molecule has 0 saturated carbocycles. The van der Waals surface area contributed by atoms with E-state index >= 15 is 0 Å². The van der Waals surface area contributed by atoms with Gasteiger partial charge in [0, 0.05) is 17.1 Å². The van der Waals surface area contributed by atoms with Crippen molar-refractivity contribution in [1.82, 2.24) is 9.80 Å². The van der Waals surface area contributed by atoms with Gasteiger partial charge >= 0.3 is 5.97 Å². The molecule has 24 heavy (non-hydrogen) atoms. The van der Waals surface area contributed by atoms with Gasteiger partial charge in [0.05, 0.1) is 6.54 Å². The smallest absolute Gasteiger partial charge is 0.317 e. The van der Waals surface area contributed by atoms with Gasteiger partial charge in [0.1, 0.15) is 0 Å². The fraction of sp³-hybridized carbons (Fsp3) is 0.562. The summed E-state index contributed by atoms with van der Waals surface area (Å²) in [5.74, 6) is 0.827. The molecule has 1 fully saturated rings. The first-order valence-electron chi connectivity index (χ1n) is 7.75. The summed E-state index contributed by atoms with van der Waals surface area (Å²) in [4.78, 5) is 15.1. The Morgan fingerprint density at radius 3 is 2.58 bits per heavy atom. The molecule has 0 aliphatic carbocycles. The van der Waals surface area contributed by atoms with Gasteiger partial charge in [-0.1, -0.05) is 15.9 Å². The van der Waals surface area contributed by atoms with Gasteiger partial charge in [0.2, 0.25) is 6.79 Å². The highest BCUT2D eigenvalue weighted by molar-refractivity contribution is 9.10. The van der Waals surface area contributed by atoms with E-state index in [1.807, 2.05) is 24.1 Å². The Morgan fingerprint density at radius 2 is 1.96 bits per heavy atom. The Labute approximate surface area is 156 Å². The van der Waals surface area contributed by atoms with Crippen LogP contribution in [0.4, 0.5) is 0 Å². The van der Waals surface area contributed by atoms with E-state index in [1.54, 1.807) is 0 Å². The van der Waals surface area contributed by atoms with E-state index < -0.39 is 5.97 Å². The van der Waals surface area contributed by atoms with Gasteiger partial charge in [-0.15, -0.1) is 12.4 Å². The lowest BCUT2D eigenvalue weighted by Gasteiger charge is -2.36. The van der Waals surface area contributed by atoms with E-state index in [4.69, 9.17) is 14.6 Å². The molecule has 0 atom stereocenters. The number of hydrogen-bond acceptors (Lipinski definition) is 5. The molecule has 1 aromatic carbocycles. The third kappa shape index (κ3) is 4.53. The van der Waals surface area contributed by atoms with Crippen LogP contribution in [0.1, 0.15) is 18.4 Å². The van der Waals surface area contributed by atoms with Crippen molar-refractivity contribution in [1.29, 1.82) is 0 Å². The molecule has 0 bridgehead atoms. The lowest BCUT2D eigenvalue weighted by molar-refractivity contribution is -0.138. The number of carboxylic acid groups (broad SMARTS) is 1. The predicted octanol–water partition coefficient (Wildman–Crippen LogP) is 2.58. The molecular formula is C16H22BrClN2O4. The van der Waals surface area contributed by atoms with E-state index in [2.05, 4.69) is 20.8 Å². The highest BCUT2D eigenvalue weighted by Gasteiger charge is 2.24. The van der Waals surface area contributed by atoms with Crippen molar-refractivity contribution in [2.45, 2.75) is 25.4 Å². The van der Waals surface area contributed by atoms with Crippen molar-refractivity contribution < 1.29 is 19.4 Å². The summed E-state index contributed by atoms with van der Waals surface area (Å²) < 4.78 is 11.9. The molecule has 1 saturated heterocycles. The van der Waals surface area contributed by atoms with Crippen molar-refractivity contribution in [3.05, 3.63) is 22.2 Å². The maximum atomic E-state index is 10.8. The SMILES string of the molecule is CN(CC(=O)O)C1CCN(Cc2cc3c(cc2Br)OCO3)CC1.Cl. The van der Waals surface area contributed by atoms with Crippen molar-refractivity contribution >= 4 is 34.3 Å². The largest absolute Gasteiger partial charge is 0.480 e. The number of ether oxygens (including phenoxy) is 2. The highest BCUT2D eigenvalue weighted by Crippen LogP contribution is 2.37. The molecular weight excluding hydrogens is 400 g/mol. The number of carbonyl (C=O) groups is 1. The number of nitrogens with zero attached hydrogens (tertiary/aromatic N) is 2. The fourth-order valence-electron chi connectivity index (χ4n) is 3.18. The van der Waals surface area contributed by atoms with Crippen LogP contribution in [-0.2, 0) is 11.3 Å². The summed E-state index contributed by atoms with van der Waals surface area (Å²) in [6.45, 7) is 3.18. The Kier molecular flexibility index (Phi) is 6.74. The van der Waals surface area contributed by atoms with E-state index in [1.165, 1.54) is 5.56 Å². The fourth-order valence-corrected chi connectivity index (χ4v) is 3.63. The summed E-state index contributed by atoms with van der Waals surface area (Å²) in [5, 5.41) is 8.89. The highest BCUT2D eigenvalue weighted by atomic mass is 79.9. The topological polar surface area (TPSA) is 62.2 Å². The van der Waals surface area contributed by atoms with Gasteiger partial charge in [-0.05, 0) is 50.7 Å².